The molecule has 0 saturated carbocycles. The molecular weight excluding hydrogens is 360 g/mol. The third kappa shape index (κ3) is 2.99. The van der Waals surface area contributed by atoms with E-state index in [1.165, 1.54) is 12.4 Å². The first kappa shape index (κ1) is 18.4. The number of benzene rings is 1. The van der Waals surface area contributed by atoms with Gasteiger partial charge in [-0.1, -0.05) is 19.9 Å². The summed E-state index contributed by atoms with van der Waals surface area (Å²) in [4.78, 5) is 34.1. The summed E-state index contributed by atoms with van der Waals surface area (Å²) in [6.07, 6.45) is 4.29. The van der Waals surface area contributed by atoms with Crippen molar-refractivity contribution in [3.05, 3.63) is 41.7 Å². The molecule has 1 fully saturated rings. The Morgan fingerprint density at radius 1 is 1.29 bits per heavy atom. The standard InChI is InChI=1S/C20H22N4O4/c1-4-16-15-8-14(7-6-12(15)11-27-16)28-18-21-9-13(10-22-18)24-17(25)20(3,5-2)23-19(24)26/h6-10,16H,4-5,11H2,1-3H3,(H,23,26)/t16?,20-/m1/s1. The van der Waals surface area contributed by atoms with E-state index in [1.807, 2.05) is 25.1 Å². The van der Waals surface area contributed by atoms with Crippen molar-refractivity contribution in [1.29, 1.82) is 0 Å². The molecule has 2 aromatic rings. The lowest BCUT2D eigenvalue weighted by Gasteiger charge is -2.19. The van der Waals surface area contributed by atoms with Crippen LogP contribution >= 0.6 is 0 Å². The minimum atomic E-state index is -0.908. The van der Waals surface area contributed by atoms with Crippen LogP contribution in [-0.2, 0) is 16.1 Å². The predicted molar refractivity (Wildman–Crippen MR) is 101 cm³/mol. The van der Waals surface area contributed by atoms with Crippen LogP contribution in [0.5, 0.6) is 11.8 Å². The third-order valence-corrected chi connectivity index (χ3v) is 5.33. The van der Waals surface area contributed by atoms with Gasteiger partial charge in [-0.05, 0) is 43.0 Å². The molecule has 8 heteroatoms. The van der Waals surface area contributed by atoms with Crippen molar-refractivity contribution in [2.45, 2.75) is 51.9 Å². The summed E-state index contributed by atoms with van der Waals surface area (Å²) in [7, 11) is 0. The van der Waals surface area contributed by atoms with E-state index in [0.29, 0.717) is 24.5 Å². The molecule has 8 nitrogen and oxygen atoms in total. The van der Waals surface area contributed by atoms with Gasteiger partial charge in [-0.3, -0.25) is 4.79 Å². The maximum atomic E-state index is 12.6. The summed E-state index contributed by atoms with van der Waals surface area (Å²) < 4.78 is 11.5. The van der Waals surface area contributed by atoms with Crippen molar-refractivity contribution in [2.24, 2.45) is 0 Å². The molecule has 1 unspecified atom stereocenters. The lowest BCUT2D eigenvalue weighted by molar-refractivity contribution is -0.121. The van der Waals surface area contributed by atoms with Crippen LogP contribution in [-0.4, -0.2) is 27.4 Å². The Morgan fingerprint density at radius 3 is 2.68 bits per heavy atom. The molecule has 1 N–H and O–H groups in total. The van der Waals surface area contributed by atoms with E-state index in [4.69, 9.17) is 9.47 Å². The first-order valence-corrected chi connectivity index (χ1v) is 9.36. The van der Waals surface area contributed by atoms with E-state index in [0.717, 1.165) is 22.4 Å². The number of hydrogen-bond acceptors (Lipinski definition) is 6. The monoisotopic (exact) mass is 382 g/mol. The smallest absolute Gasteiger partial charge is 0.329 e. The lowest BCUT2D eigenvalue weighted by Crippen LogP contribution is -2.43. The fourth-order valence-electron chi connectivity index (χ4n) is 3.43. The van der Waals surface area contributed by atoms with Crippen molar-refractivity contribution in [1.82, 2.24) is 15.3 Å². The average molecular weight is 382 g/mol. The van der Waals surface area contributed by atoms with Crippen molar-refractivity contribution in [2.75, 3.05) is 4.90 Å². The number of rotatable bonds is 5. The van der Waals surface area contributed by atoms with Gasteiger partial charge in [0.2, 0.25) is 0 Å². The van der Waals surface area contributed by atoms with Gasteiger partial charge in [0.25, 0.3) is 5.91 Å². The molecule has 2 atom stereocenters. The predicted octanol–water partition coefficient (Wildman–Crippen LogP) is 3.48. The van der Waals surface area contributed by atoms with E-state index in [9.17, 15) is 9.59 Å². The van der Waals surface area contributed by atoms with E-state index < -0.39 is 11.6 Å². The first-order chi connectivity index (χ1) is 13.4. The Labute approximate surface area is 162 Å². The number of urea groups is 1. The number of carbonyl (C=O) groups excluding carboxylic acids is 2. The number of fused-ring (bicyclic) bond motifs is 1. The molecule has 2 aliphatic rings. The molecule has 1 aromatic carbocycles. The molecule has 1 saturated heterocycles. The number of hydrogen-bond donors (Lipinski definition) is 1. The van der Waals surface area contributed by atoms with Gasteiger partial charge in [-0.2, -0.15) is 0 Å². The summed E-state index contributed by atoms with van der Waals surface area (Å²) in [6, 6.07) is 5.43. The van der Waals surface area contributed by atoms with Crippen LogP contribution in [0.3, 0.4) is 0 Å². The van der Waals surface area contributed by atoms with Gasteiger partial charge < -0.3 is 14.8 Å². The Kier molecular flexibility index (Phi) is 4.50. The molecule has 0 bridgehead atoms. The second kappa shape index (κ2) is 6.87. The molecule has 146 valence electrons. The Bertz CT molecular complexity index is 930. The maximum Gasteiger partial charge on any atom is 0.329 e. The van der Waals surface area contributed by atoms with Gasteiger partial charge in [0, 0.05) is 0 Å². The summed E-state index contributed by atoms with van der Waals surface area (Å²) in [6.45, 7) is 6.24. The zero-order chi connectivity index (χ0) is 19.9. The van der Waals surface area contributed by atoms with Crippen LogP contribution in [0.4, 0.5) is 10.5 Å². The number of amides is 3. The van der Waals surface area contributed by atoms with Crippen LogP contribution in [0.2, 0.25) is 0 Å². The highest BCUT2D eigenvalue weighted by Gasteiger charge is 2.47. The third-order valence-electron chi connectivity index (χ3n) is 5.33. The van der Waals surface area contributed by atoms with E-state index >= 15 is 0 Å². The number of imide groups is 1. The summed E-state index contributed by atoms with van der Waals surface area (Å²) in [5.74, 6) is 0.297. The second-order valence-electron chi connectivity index (χ2n) is 7.15. The van der Waals surface area contributed by atoms with Crippen molar-refractivity contribution >= 4 is 17.6 Å². The van der Waals surface area contributed by atoms with E-state index in [2.05, 4.69) is 22.2 Å². The highest BCUT2D eigenvalue weighted by molar-refractivity contribution is 6.23. The summed E-state index contributed by atoms with van der Waals surface area (Å²) in [5.41, 5.74) is 1.68. The largest absolute Gasteiger partial charge is 0.424 e. The Balaban J connectivity index is 1.52. The highest BCUT2D eigenvalue weighted by Crippen LogP contribution is 2.36. The molecule has 0 radical (unpaired) electrons. The Morgan fingerprint density at radius 2 is 2.04 bits per heavy atom. The van der Waals surface area contributed by atoms with Gasteiger partial charge in [0.15, 0.2) is 0 Å². The van der Waals surface area contributed by atoms with Gasteiger partial charge in [0.1, 0.15) is 11.3 Å². The molecule has 28 heavy (non-hydrogen) atoms. The van der Waals surface area contributed by atoms with Crippen LogP contribution in [0.15, 0.2) is 30.6 Å². The van der Waals surface area contributed by atoms with Crippen molar-refractivity contribution < 1.29 is 19.1 Å². The van der Waals surface area contributed by atoms with Gasteiger partial charge >= 0.3 is 12.0 Å². The van der Waals surface area contributed by atoms with Crippen LogP contribution < -0.4 is 15.0 Å². The van der Waals surface area contributed by atoms with E-state index in [1.54, 1.807) is 6.92 Å². The van der Waals surface area contributed by atoms with Crippen molar-refractivity contribution in [3.63, 3.8) is 0 Å². The molecule has 2 aliphatic heterocycles. The minimum absolute atomic E-state index is 0.0782. The zero-order valence-electron chi connectivity index (χ0n) is 16.1. The molecule has 3 amide bonds. The molecule has 0 spiro atoms. The van der Waals surface area contributed by atoms with Crippen molar-refractivity contribution in [3.8, 4) is 11.8 Å². The number of aromatic nitrogens is 2. The second-order valence-corrected chi connectivity index (χ2v) is 7.15. The average Bonchev–Trinajstić information content (AvgIpc) is 3.21. The topological polar surface area (TPSA) is 93.7 Å². The molecule has 1 aromatic heterocycles. The number of ether oxygens (including phenoxy) is 2. The number of nitrogens with one attached hydrogen (secondary N) is 1. The normalized spacial score (nSPS) is 23.7. The number of nitrogens with zero attached hydrogens (tertiary/aromatic N) is 3. The highest BCUT2D eigenvalue weighted by atomic mass is 16.5. The number of carbonyl (C=O) groups is 2. The SMILES string of the molecule is CCC1OCc2ccc(Oc3ncc(N4C(=O)N[C@](C)(CC)C4=O)cn3)cc21. The quantitative estimate of drug-likeness (QED) is 0.796. The number of anilines is 1. The molecule has 0 aliphatic carbocycles. The zero-order valence-corrected chi connectivity index (χ0v) is 16.1. The minimum Gasteiger partial charge on any atom is -0.424 e. The van der Waals surface area contributed by atoms with Gasteiger partial charge in [-0.15, -0.1) is 0 Å². The van der Waals surface area contributed by atoms with E-state index in [-0.39, 0.29) is 18.0 Å². The van der Waals surface area contributed by atoms with Crippen LogP contribution in [0.1, 0.15) is 50.8 Å². The molecular formula is C20H22N4O4. The lowest BCUT2D eigenvalue weighted by atomic mass is 9.99. The van der Waals surface area contributed by atoms with Gasteiger partial charge in [0.05, 0.1) is 30.8 Å². The molecule has 3 heterocycles. The summed E-state index contributed by atoms with van der Waals surface area (Å²) >= 11 is 0. The van der Waals surface area contributed by atoms with Crippen LogP contribution in [0.25, 0.3) is 0 Å². The molecule has 4 rings (SSSR count). The first-order valence-electron chi connectivity index (χ1n) is 9.36. The Hall–Kier alpha value is -3.00. The maximum absolute atomic E-state index is 12.6. The fraction of sp³-hybridized carbons (Fsp3) is 0.400. The van der Waals surface area contributed by atoms with Crippen LogP contribution in [0, 0.1) is 0 Å². The van der Waals surface area contributed by atoms with Gasteiger partial charge in [-0.25, -0.2) is 19.7 Å². The fourth-order valence-corrected chi connectivity index (χ4v) is 3.43. The summed E-state index contributed by atoms with van der Waals surface area (Å²) in [5, 5.41) is 2.70.